The molecule has 1 saturated carbocycles. The molecule has 3 amide bonds. The summed E-state index contributed by atoms with van der Waals surface area (Å²) in [5, 5.41) is 6.25. The van der Waals surface area contributed by atoms with Crippen molar-refractivity contribution in [1.29, 1.82) is 0 Å². The lowest BCUT2D eigenvalue weighted by molar-refractivity contribution is -0.130. The SMILES string of the molecule is C[C@@H]1CCC[C@H](C)C1NCCN1C(=O)NC(C)(C)C1=O. The second-order valence-electron chi connectivity index (χ2n) is 6.88. The van der Waals surface area contributed by atoms with E-state index in [2.05, 4.69) is 24.5 Å². The molecule has 0 bridgehead atoms. The minimum absolute atomic E-state index is 0.131. The Morgan fingerprint density at radius 3 is 2.35 bits per heavy atom. The number of carbonyl (C=O) groups excluding carboxylic acids is 2. The highest BCUT2D eigenvalue weighted by molar-refractivity contribution is 6.06. The smallest absolute Gasteiger partial charge is 0.324 e. The van der Waals surface area contributed by atoms with Crippen LogP contribution in [0.3, 0.4) is 0 Å². The van der Waals surface area contributed by atoms with Crippen molar-refractivity contribution < 1.29 is 9.59 Å². The van der Waals surface area contributed by atoms with Crippen molar-refractivity contribution in [2.45, 2.75) is 58.5 Å². The molecule has 5 heteroatoms. The standard InChI is InChI=1S/C15H27N3O2/c1-10-6-5-7-11(2)12(10)16-8-9-18-13(19)15(3,4)17-14(18)20/h10-12,16H,5-9H2,1-4H3,(H,17,20)/t10-,11+,12?. The number of nitrogens with zero attached hydrogens (tertiary/aromatic N) is 1. The van der Waals surface area contributed by atoms with Crippen molar-refractivity contribution in [2.24, 2.45) is 11.8 Å². The zero-order valence-electron chi connectivity index (χ0n) is 13.0. The molecule has 0 aromatic carbocycles. The lowest BCUT2D eigenvalue weighted by atomic mass is 9.79. The third-order valence-electron chi connectivity index (χ3n) is 4.70. The minimum Gasteiger partial charge on any atom is -0.324 e. The van der Waals surface area contributed by atoms with Gasteiger partial charge < -0.3 is 10.6 Å². The Labute approximate surface area is 121 Å². The number of carbonyl (C=O) groups is 2. The van der Waals surface area contributed by atoms with Crippen LogP contribution in [0.2, 0.25) is 0 Å². The lowest BCUT2D eigenvalue weighted by Gasteiger charge is -2.35. The number of nitrogens with one attached hydrogen (secondary N) is 2. The van der Waals surface area contributed by atoms with Crippen LogP contribution >= 0.6 is 0 Å². The van der Waals surface area contributed by atoms with Crippen LogP contribution in [0.25, 0.3) is 0 Å². The number of hydrogen-bond donors (Lipinski definition) is 2. The van der Waals surface area contributed by atoms with Crippen LogP contribution in [0, 0.1) is 11.8 Å². The van der Waals surface area contributed by atoms with E-state index in [-0.39, 0.29) is 11.9 Å². The molecule has 3 atom stereocenters. The van der Waals surface area contributed by atoms with Crippen molar-refractivity contribution in [2.75, 3.05) is 13.1 Å². The van der Waals surface area contributed by atoms with Gasteiger partial charge in [0, 0.05) is 19.1 Å². The molecule has 0 aromatic rings. The Hall–Kier alpha value is -1.10. The Kier molecular flexibility index (Phi) is 4.37. The van der Waals surface area contributed by atoms with Crippen molar-refractivity contribution in [3.63, 3.8) is 0 Å². The molecular formula is C15H27N3O2. The Balaban J connectivity index is 1.84. The fourth-order valence-electron chi connectivity index (χ4n) is 3.45. The molecule has 0 radical (unpaired) electrons. The maximum absolute atomic E-state index is 12.1. The predicted molar refractivity (Wildman–Crippen MR) is 78.3 cm³/mol. The molecule has 1 saturated heterocycles. The third-order valence-corrected chi connectivity index (χ3v) is 4.70. The fraction of sp³-hybridized carbons (Fsp3) is 0.867. The average Bonchev–Trinajstić information content (AvgIpc) is 2.54. The molecule has 2 N–H and O–H groups in total. The summed E-state index contributed by atoms with van der Waals surface area (Å²) >= 11 is 0. The van der Waals surface area contributed by atoms with Gasteiger partial charge in [-0.3, -0.25) is 9.69 Å². The van der Waals surface area contributed by atoms with Crippen molar-refractivity contribution in [3.05, 3.63) is 0 Å². The summed E-state index contributed by atoms with van der Waals surface area (Å²) in [6.45, 7) is 9.17. The second kappa shape index (κ2) is 5.72. The first-order valence-corrected chi connectivity index (χ1v) is 7.70. The molecule has 2 fully saturated rings. The highest BCUT2D eigenvalue weighted by atomic mass is 16.2. The lowest BCUT2D eigenvalue weighted by Crippen LogP contribution is -2.47. The number of amides is 3. The van der Waals surface area contributed by atoms with E-state index >= 15 is 0 Å². The van der Waals surface area contributed by atoms with E-state index in [1.54, 1.807) is 13.8 Å². The molecule has 114 valence electrons. The van der Waals surface area contributed by atoms with Gasteiger partial charge in [-0.15, -0.1) is 0 Å². The van der Waals surface area contributed by atoms with E-state index in [1.807, 2.05) is 0 Å². The molecule has 5 nitrogen and oxygen atoms in total. The molecule has 0 aromatic heterocycles. The molecule has 1 unspecified atom stereocenters. The topological polar surface area (TPSA) is 61.4 Å². The quantitative estimate of drug-likeness (QED) is 0.772. The molecule has 0 spiro atoms. The Morgan fingerprint density at radius 1 is 1.25 bits per heavy atom. The molecular weight excluding hydrogens is 254 g/mol. The van der Waals surface area contributed by atoms with E-state index < -0.39 is 5.54 Å². The maximum Gasteiger partial charge on any atom is 0.325 e. The van der Waals surface area contributed by atoms with Gasteiger partial charge in [-0.2, -0.15) is 0 Å². The molecule has 2 rings (SSSR count). The summed E-state index contributed by atoms with van der Waals surface area (Å²) in [6.07, 6.45) is 3.83. The normalized spacial score (nSPS) is 33.4. The van der Waals surface area contributed by atoms with Crippen LogP contribution in [-0.2, 0) is 4.79 Å². The summed E-state index contributed by atoms with van der Waals surface area (Å²) in [5.41, 5.74) is -0.761. The minimum atomic E-state index is -0.761. The van der Waals surface area contributed by atoms with Gasteiger partial charge in [0.2, 0.25) is 0 Å². The van der Waals surface area contributed by atoms with Crippen LogP contribution in [0.4, 0.5) is 4.79 Å². The largest absolute Gasteiger partial charge is 0.325 e. The maximum atomic E-state index is 12.1. The first-order valence-electron chi connectivity index (χ1n) is 7.70. The van der Waals surface area contributed by atoms with Gasteiger partial charge in [-0.25, -0.2) is 4.79 Å². The summed E-state index contributed by atoms with van der Waals surface area (Å²) in [6, 6.07) is 0.226. The average molecular weight is 281 g/mol. The second-order valence-corrected chi connectivity index (χ2v) is 6.88. The Bertz CT molecular complexity index is 385. The summed E-state index contributed by atoms with van der Waals surface area (Å²) < 4.78 is 0. The van der Waals surface area contributed by atoms with Crippen LogP contribution in [0.1, 0.15) is 47.0 Å². The van der Waals surface area contributed by atoms with Gasteiger partial charge in [0.15, 0.2) is 0 Å². The molecule has 1 heterocycles. The summed E-state index contributed by atoms with van der Waals surface area (Å²) in [5.74, 6) is 1.20. The van der Waals surface area contributed by atoms with Crippen LogP contribution < -0.4 is 10.6 Å². The highest BCUT2D eigenvalue weighted by Crippen LogP contribution is 2.28. The van der Waals surface area contributed by atoms with E-state index in [4.69, 9.17) is 0 Å². The monoisotopic (exact) mass is 281 g/mol. The van der Waals surface area contributed by atoms with Gasteiger partial charge in [-0.05, 0) is 38.5 Å². The van der Waals surface area contributed by atoms with Crippen molar-refractivity contribution >= 4 is 11.9 Å². The molecule has 1 aliphatic heterocycles. The van der Waals surface area contributed by atoms with Crippen LogP contribution in [-0.4, -0.2) is 41.5 Å². The summed E-state index contributed by atoms with van der Waals surface area (Å²) in [4.78, 5) is 25.2. The van der Waals surface area contributed by atoms with E-state index in [0.717, 1.165) is 0 Å². The van der Waals surface area contributed by atoms with Crippen LogP contribution in [0.15, 0.2) is 0 Å². The van der Waals surface area contributed by atoms with Gasteiger partial charge in [-0.1, -0.05) is 20.3 Å². The number of hydrogen-bond acceptors (Lipinski definition) is 3. The van der Waals surface area contributed by atoms with Crippen LogP contribution in [0.5, 0.6) is 0 Å². The number of imide groups is 1. The number of rotatable bonds is 4. The number of urea groups is 1. The zero-order chi connectivity index (χ0) is 14.9. The summed E-state index contributed by atoms with van der Waals surface area (Å²) in [7, 11) is 0. The fourth-order valence-corrected chi connectivity index (χ4v) is 3.45. The van der Waals surface area contributed by atoms with Crippen molar-refractivity contribution in [1.82, 2.24) is 15.5 Å². The molecule has 20 heavy (non-hydrogen) atoms. The van der Waals surface area contributed by atoms with E-state index in [0.29, 0.717) is 31.0 Å². The van der Waals surface area contributed by atoms with Crippen molar-refractivity contribution in [3.8, 4) is 0 Å². The zero-order valence-corrected chi connectivity index (χ0v) is 13.0. The van der Waals surface area contributed by atoms with Gasteiger partial charge in [0.1, 0.15) is 5.54 Å². The van der Waals surface area contributed by atoms with E-state index in [9.17, 15) is 9.59 Å². The van der Waals surface area contributed by atoms with Gasteiger partial charge in [0.25, 0.3) is 5.91 Å². The van der Waals surface area contributed by atoms with E-state index in [1.165, 1.54) is 24.2 Å². The Morgan fingerprint density at radius 2 is 1.85 bits per heavy atom. The first kappa shape index (κ1) is 15.3. The van der Waals surface area contributed by atoms with Gasteiger partial charge >= 0.3 is 6.03 Å². The van der Waals surface area contributed by atoms with Gasteiger partial charge in [0.05, 0.1) is 0 Å². The highest BCUT2D eigenvalue weighted by Gasteiger charge is 2.43. The molecule has 1 aliphatic carbocycles. The third kappa shape index (κ3) is 2.97. The predicted octanol–water partition coefficient (Wildman–Crippen LogP) is 1.73. The molecule has 2 aliphatic rings. The first-order chi connectivity index (χ1) is 9.33.